The van der Waals surface area contributed by atoms with Gasteiger partial charge < -0.3 is 14.5 Å². The smallest absolute Gasteiger partial charge is 0.444 e. The molecule has 66 valence electrons. The summed E-state index contributed by atoms with van der Waals surface area (Å²) in [4.78, 5) is 8.73. The van der Waals surface area contributed by atoms with Gasteiger partial charge >= 0.3 is 6.30 Å². The van der Waals surface area contributed by atoms with Crippen LogP contribution >= 0.6 is 21.8 Å². The van der Waals surface area contributed by atoms with Crippen molar-refractivity contribution in [2.45, 2.75) is 0 Å². The number of benzene rings is 1. The van der Waals surface area contributed by atoms with Gasteiger partial charge in [-0.1, -0.05) is 12.1 Å². The van der Waals surface area contributed by atoms with E-state index in [2.05, 4.69) is 20.0 Å². The molecule has 2 N–H and O–H groups in total. The molecule has 1 rings (SSSR count). The number of hydrogen-bond acceptors (Lipinski definition) is 3. The summed E-state index contributed by atoms with van der Waals surface area (Å²) in [5, 5.41) is 9.10. The van der Waals surface area contributed by atoms with Crippen LogP contribution in [0.3, 0.4) is 0 Å². The molecular formula is C6H6BrO4P. The topological polar surface area (TPSA) is 66.8 Å². The maximum absolute atomic E-state index is 10.7. The molecule has 0 radical (unpaired) electrons. The minimum Gasteiger partial charge on any atom is -0.504 e. The molecule has 0 fully saturated rings. The molecule has 1 unspecified atom stereocenters. The second-order valence-corrected chi connectivity index (χ2v) is 5.78. The van der Waals surface area contributed by atoms with Crippen LogP contribution in [0.4, 0.5) is 0 Å². The first-order valence-corrected chi connectivity index (χ1v) is 6.59. The monoisotopic (exact) mass is 252 g/mol. The Balaban J connectivity index is 2.90. The number of rotatable bonds is 2. The first-order valence-electron chi connectivity index (χ1n) is 2.99. The molecule has 1 aromatic carbocycles. The average Bonchev–Trinajstić information content (AvgIpc) is 1.91. The van der Waals surface area contributed by atoms with E-state index < -0.39 is 6.30 Å². The summed E-state index contributed by atoms with van der Waals surface area (Å²) in [7, 11) is 0. The van der Waals surface area contributed by atoms with Crippen molar-refractivity contribution in [3.05, 3.63) is 24.3 Å². The quantitative estimate of drug-likeness (QED) is 0.793. The summed E-state index contributed by atoms with van der Waals surface area (Å²) in [5.41, 5.74) is 0. The lowest BCUT2D eigenvalue weighted by Gasteiger charge is -2.07. The Morgan fingerprint density at radius 2 is 2.00 bits per heavy atom. The molecule has 0 saturated carbocycles. The molecular weight excluding hydrogens is 247 g/mol. The Hall–Kier alpha value is -0.510. The van der Waals surface area contributed by atoms with Gasteiger partial charge in [-0.3, -0.25) is 0 Å². The maximum Gasteiger partial charge on any atom is 0.444 e. The molecule has 0 aliphatic rings. The minimum absolute atomic E-state index is 0.0276. The lowest BCUT2D eigenvalue weighted by atomic mass is 10.3. The zero-order chi connectivity index (χ0) is 9.19. The van der Waals surface area contributed by atoms with Gasteiger partial charge in [0.05, 0.1) is 15.5 Å². The lowest BCUT2D eigenvalue weighted by molar-refractivity contribution is 0.384. The summed E-state index contributed by atoms with van der Waals surface area (Å²) in [5.74, 6) is -0.202. The summed E-state index contributed by atoms with van der Waals surface area (Å²) < 4.78 is 15.2. The van der Waals surface area contributed by atoms with Crippen molar-refractivity contribution in [3.63, 3.8) is 0 Å². The van der Waals surface area contributed by atoms with E-state index in [9.17, 15) is 4.57 Å². The molecule has 0 amide bonds. The normalized spacial score (nSPS) is 15.2. The van der Waals surface area contributed by atoms with Crippen LogP contribution in [-0.4, -0.2) is 10.00 Å². The number of phenolic OH excluding ortho intramolecular Hbond substituents is 1. The van der Waals surface area contributed by atoms with E-state index in [0.717, 1.165) is 0 Å². The third-order valence-corrected chi connectivity index (χ3v) is 1.93. The van der Waals surface area contributed by atoms with Gasteiger partial charge in [-0.15, -0.1) is 0 Å². The van der Waals surface area contributed by atoms with Crippen LogP contribution in [0.1, 0.15) is 0 Å². The van der Waals surface area contributed by atoms with E-state index in [0.29, 0.717) is 0 Å². The third-order valence-electron chi connectivity index (χ3n) is 1.08. The molecule has 12 heavy (non-hydrogen) atoms. The van der Waals surface area contributed by atoms with Crippen molar-refractivity contribution < 1.29 is 19.1 Å². The number of aromatic hydroxyl groups is 1. The molecule has 0 saturated heterocycles. The Kier molecular flexibility index (Phi) is 2.77. The molecule has 4 nitrogen and oxygen atoms in total. The molecule has 6 heteroatoms. The molecule has 1 atom stereocenters. The van der Waals surface area contributed by atoms with E-state index in [-0.39, 0.29) is 11.5 Å². The fourth-order valence-electron chi connectivity index (χ4n) is 0.656. The van der Waals surface area contributed by atoms with Crippen molar-refractivity contribution in [3.8, 4) is 11.5 Å². The van der Waals surface area contributed by atoms with Crippen molar-refractivity contribution in [1.82, 2.24) is 0 Å². The largest absolute Gasteiger partial charge is 0.504 e. The van der Waals surface area contributed by atoms with Gasteiger partial charge in [0.15, 0.2) is 11.5 Å². The number of hydrogen-bond donors (Lipinski definition) is 2. The number of halogens is 1. The molecule has 0 spiro atoms. The third kappa shape index (κ3) is 2.85. The van der Waals surface area contributed by atoms with Crippen LogP contribution in [-0.2, 0) is 4.57 Å². The van der Waals surface area contributed by atoms with Crippen LogP contribution in [0, 0.1) is 0 Å². The highest BCUT2D eigenvalue weighted by atomic mass is 79.9. The molecule has 0 aliphatic heterocycles. The predicted molar refractivity (Wildman–Crippen MR) is 47.5 cm³/mol. The summed E-state index contributed by atoms with van der Waals surface area (Å²) in [6.07, 6.45) is -3.76. The van der Waals surface area contributed by atoms with Gasteiger partial charge in [0.1, 0.15) is 0 Å². The van der Waals surface area contributed by atoms with Crippen LogP contribution in [0.2, 0.25) is 0 Å². The first-order chi connectivity index (χ1) is 5.49. The molecule has 0 bridgehead atoms. The first kappa shape index (κ1) is 9.58. The highest BCUT2D eigenvalue weighted by Gasteiger charge is 2.16. The van der Waals surface area contributed by atoms with Gasteiger partial charge in [0, 0.05) is 0 Å². The fraction of sp³-hybridized carbons (Fsp3) is 0. The summed E-state index contributed by atoms with van der Waals surface area (Å²) in [6.45, 7) is 0. The van der Waals surface area contributed by atoms with E-state index in [4.69, 9.17) is 10.00 Å². The second kappa shape index (κ2) is 3.47. The van der Waals surface area contributed by atoms with Crippen molar-refractivity contribution in [2.75, 3.05) is 0 Å². The Morgan fingerprint density at radius 1 is 1.42 bits per heavy atom. The Morgan fingerprint density at radius 3 is 2.50 bits per heavy atom. The number of phenols is 1. The van der Waals surface area contributed by atoms with Crippen molar-refractivity contribution >= 4 is 21.8 Å². The van der Waals surface area contributed by atoms with E-state index in [1.165, 1.54) is 12.1 Å². The Labute approximate surface area is 77.1 Å². The highest BCUT2D eigenvalue weighted by Crippen LogP contribution is 2.51. The number of para-hydroxylation sites is 2. The zero-order valence-corrected chi connectivity index (χ0v) is 8.33. The molecule has 1 aromatic rings. The van der Waals surface area contributed by atoms with Crippen LogP contribution in [0.5, 0.6) is 11.5 Å². The van der Waals surface area contributed by atoms with Gasteiger partial charge in [0.2, 0.25) is 0 Å². The Bertz CT molecular complexity index is 321. The lowest BCUT2D eigenvalue weighted by Crippen LogP contribution is -1.84. The van der Waals surface area contributed by atoms with Crippen molar-refractivity contribution in [2.24, 2.45) is 0 Å². The van der Waals surface area contributed by atoms with E-state index in [1.807, 2.05) is 0 Å². The molecule has 0 aliphatic carbocycles. The maximum atomic E-state index is 10.7. The second-order valence-electron chi connectivity index (χ2n) is 2.01. The van der Waals surface area contributed by atoms with Crippen LogP contribution < -0.4 is 4.52 Å². The van der Waals surface area contributed by atoms with E-state index in [1.54, 1.807) is 12.1 Å². The highest BCUT2D eigenvalue weighted by molar-refractivity contribution is 9.39. The van der Waals surface area contributed by atoms with Gasteiger partial charge in [0.25, 0.3) is 0 Å². The summed E-state index contributed by atoms with van der Waals surface area (Å²) >= 11 is 2.43. The van der Waals surface area contributed by atoms with Crippen LogP contribution in [0.15, 0.2) is 24.3 Å². The van der Waals surface area contributed by atoms with Gasteiger partial charge in [-0.25, -0.2) is 4.57 Å². The zero-order valence-electron chi connectivity index (χ0n) is 5.85. The van der Waals surface area contributed by atoms with Gasteiger partial charge in [-0.05, 0) is 12.1 Å². The SMILES string of the molecule is O=P(O)(Br)Oc1ccccc1O. The van der Waals surface area contributed by atoms with Crippen molar-refractivity contribution in [1.29, 1.82) is 0 Å². The van der Waals surface area contributed by atoms with Gasteiger partial charge in [-0.2, -0.15) is 0 Å². The predicted octanol–water partition coefficient (Wildman–Crippen LogP) is 2.27. The standard InChI is InChI=1S/C6H6BrO4P/c7-12(9,10)11-6-4-2-1-3-5(6)8/h1-4,8H,(H,9,10). The van der Waals surface area contributed by atoms with E-state index >= 15 is 0 Å². The molecule has 0 aromatic heterocycles. The fourth-order valence-corrected chi connectivity index (χ4v) is 1.52. The van der Waals surface area contributed by atoms with Crippen LogP contribution in [0.25, 0.3) is 0 Å². The molecule has 0 heterocycles. The average molecular weight is 253 g/mol. The minimum atomic E-state index is -3.76. The summed E-state index contributed by atoms with van der Waals surface area (Å²) in [6, 6.07) is 5.91.